The zero-order chi connectivity index (χ0) is 10.8. The van der Waals surface area contributed by atoms with Gasteiger partial charge >= 0.3 is 6.18 Å². The highest BCUT2D eigenvalue weighted by Crippen LogP contribution is 2.28. The van der Waals surface area contributed by atoms with Crippen molar-refractivity contribution in [3.05, 3.63) is 28.5 Å². The van der Waals surface area contributed by atoms with Crippen molar-refractivity contribution in [2.75, 3.05) is 0 Å². The summed E-state index contributed by atoms with van der Waals surface area (Å²) < 4.78 is 36.6. The summed E-state index contributed by atoms with van der Waals surface area (Å²) in [5, 5.41) is 0. The van der Waals surface area contributed by atoms with Crippen molar-refractivity contribution in [1.82, 2.24) is 4.98 Å². The first-order chi connectivity index (χ1) is 6.38. The summed E-state index contributed by atoms with van der Waals surface area (Å²) >= 11 is 3.11. The summed E-state index contributed by atoms with van der Waals surface area (Å²) in [6.45, 7) is 0. The molecule has 6 heteroatoms. The van der Waals surface area contributed by atoms with Gasteiger partial charge < -0.3 is 5.73 Å². The van der Waals surface area contributed by atoms with Gasteiger partial charge in [-0.2, -0.15) is 13.2 Å². The number of nitrogens with zero attached hydrogens (tertiary/aromatic N) is 1. The Morgan fingerprint density at radius 3 is 2.57 bits per heavy atom. The van der Waals surface area contributed by atoms with Crippen LogP contribution in [0.4, 0.5) is 13.2 Å². The molecule has 0 spiro atoms. The van der Waals surface area contributed by atoms with Gasteiger partial charge in [0.05, 0.1) is 6.42 Å². The Hall–Kier alpha value is -0.620. The van der Waals surface area contributed by atoms with Gasteiger partial charge in [0.2, 0.25) is 0 Å². The lowest BCUT2D eigenvalue weighted by atomic mass is 10.1. The summed E-state index contributed by atoms with van der Waals surface area (Å²) in [6.07, 6.45) is -2.46. The van der Waals surface area contributed by atoms with Crippen molar-refractivity contribution >= 4 is 15.9 Å². The number of nitrogens with two attached hydrogens (primary N) is 1. The van der Waals surface area contributed by atoms with Crippen molar-refractivity contribution < 1.29 is 13.2 Å². The van der Waals surface area contributed by atoms with Crippen molar-refractivity contribution in [2.24, 2.45) is 5.73 Å². The lowest BCUT2D eigenvalue weighted by Gasteiger charge is -2.13. The Labute approximate surface area is 87.4 Å². The van der Waals surface area contributed by atoms with E-state index in [0.29, 0.717) is 10.0 Å². The monoisotopic (exact) mass is 268 g/mol. The third-order valence-corrected chi connectivity index (χ3v) is 2.04. The molecular formula is C8H8BrF3N2. The number of rotatable bonds is 2. The molecule has 0 aliphatic carbocycles. The number of halogens is 4. The predicted octanol–water partition coefficient (Wildman–Crippen LogP) is 2.80. The first kappa shape index (κ1) is 11.5. The minimum absolute atomic E-state index is 0.372. The molecule has 1 atom stereocenters. The number of pyridine rings is 1. The Kier molecular flexibility index (Phi) is 3.49. The molecule has 1 rings (SSSR count). The van der Waals surface area contributed by atoms with Crippen LogP contribution in [0.1, 0.15) is 18.0 Å². The lowest BCUT2D eigenvalue weighted by molar-refractivity contribution is -0.138. The van der Waals surface area contributed by atoms with Crippen LogP contribution in [-0.2, 0) is 0 Å². The smallest absolute Gasteiger partial charge is 0.324 e. The summed E-state index contributed by atoms with van der Waals surface area (Å²) in [5.41, 5.74) is 5.74. The van der Waals surface area contributed by atoms with Crippen molar-refractivity contribution in [1.29, 1.82) is 0 Å². The fourth-order valence-electron chi connectivity index (χ4n) is 0.998. The number of hydrogen-bond donors (Lipinski definition) is 1. The van der Waals surface area contributed by atoms with Crippen LogP contribution in [-0.4, -0.2) is 11.2 Å². The minimum Gasteiger partial charge on any atom is -0.324 e. The Balaban J connectivity index is 2.74. The second kappa shape index (κ2) is 4.27. The lowest BCUT2D eigenvalue weighted by Crippen LogP contribution is -2.20. The molecule has 1 aromatic rings. The summed E-state index contributed by atoms with van der Waals surface area (Å²) in [7, 11) is 0. The fourth-order valence-corrected chi connectivity index (χ4v) is 1.38. The Bertz CT molecular complexity index is 314. The van der Waals surface area contributed by atoms with Crippen LogP contribution in [0.5, 0.6) is 0 Å². The first-order valence-corrected chi connectivity index (χ1v) is 4.60. The fraction of sp³-hybridized carbons (Fsp3) is 0.375. The summed E-state index contributed by atoms with van der Waals surface area (Å²) in [6, 6.07) is 0.476. The second-order valence-electron chi connectivity index (χ2n) is 2.86. The number of alkyl halides is 3. The van der Waals surface area contributed by atoms with E-state index in [1.807, 2.05) is 0 Å². The molecule has 1 unspecified atom stereocenters. The van der Waals surface area contributed by atoms with Gasteiger partial charge in [0.25, 0.3) is 0 Å². The normalized spacial score (nSPS) is 14.1. The van der Waals surface area contributed by atoms with Crippen LogP contribution in [0.3, 0.4) is 0 Å². The molecule has 0 bridgehead atoms. The molecule has 2 nitrogen and oxygen atoms in total. The zero-order valence-corrected chi connectivity index (χ0v) is 8.64. The van der Waals surface area contributed by atoms with Gasteiger partial charge in [0.1, 0.15) is 0 Å². The van der Waals surface area contributed by atoms with Gasteiger partial charge in [-0.15, -0.1) is 0 Å². The van der Waals surface area contributed by atoms with E-state index in [2.05, 4.69) is 20.9 Å². The van der Waals surface area contributed by atoms with E-state index < -0.39 is 18.6 Å². The van der Waals surface area contributed by atoms with E-state index in [9.17, 15) is 13.2 Å². The van der Waals surface area contributed by atoms with Crippen molar-refractivity contribution in [3.8, 4) is 0 Å². The molecule has 0 aromatic carbocycles. The highest BCUT2D eigenvalue weighted by Gasteiger charge is 2.30. The molecule has 14 heavy (non-hydrogen) atoms. The maximum atomic E-state index is 12.0. The summed E-state index contributed by atoms with van der Waals surface area (Å²) in [4.78, 5) is 3.74. The Morgan fingerprint density at radius 2 is 2.07 bits per heavy atom. The third-order valence-electron chi connectivity index (χ3n) is 1.61. The van der Waals surface area contributed by atoms with Crippen LogP contribution in [0.2, 0.25) is 0 Å². The molecule has 0 aliphatic heterocycles. The molecular weight excluding hydrogens is 261 g/mol. The predicted molar refractivity (Wildman–Crippen MR) is 49.5 cm³/mol. The maximum Gasteiger partial charge on any atom is 0.390 e. The third kappa shape index (κ3) is 3.63. The van der Waals surface area contributed by atoms with E-state index >= 15 is 0 Å². The first-order valence-electron chi connectivity index (χ1n) is 3.81. The average molecular weight is 269 g/mol. The maximum absolute atomic E-state index is 12.0. The molecule has 0 radical (unpaired) electrons. The van der Waals surface area contributed by atoms with Gasteiger partial charge in [-0.3, -0.25) is 4.98 Å². The second-order valence-corrected chi connectivity index (χ2v) is 3.78. The van der Waals surface area contributed by atoms with Crippen LogP contribution in [0, 0.1) is 0 Å². The molecule has 1 heterocycles. The SMILES string of the molecule is NC(CC(F)(F)F)c1cncc(Br)c1. The molecule has 0 fully saturated rings. The number of aromatic nitrogens is 1. The molecule has 0 saturated carbocycles. The topological polar surface area (TPSA) is 38.9 Å². The van der Waals surface area contributed by atoms with Crippen LogP contribution in [0.25, 0.3) is 0 Å². The molecule has 78 valence electrons. The highest BCUT2D eigenvalue weighted by molar-refractivity contribution is 9.10. The molecule has 0 saturated heterocycles. The molecule has 2 N–H and O–H groups in total. The molecule has 1 aromatic heterocycles. The van der Waals surface area contributed by atoms with Crippen LogP contribution in [0.15, 0.2) is 22.9 Å². The van der Waals surface area contributed by atoms with E-state index in [1.54, 1.807) is 0 Å². The van der Waals surface area contributed by atoms with Crippen molar-refractivity contribution in [3.63, 3.8) is 0 Å². The minimum atomic E-state index is -4.25. The van der Waals surface area contributed by atoms with E-state index in [0.717, 1.165) is 0 Å². The number of hydrogen-bond acceptors (Lipinski definition) is 2. The van der Waals surface area contributed by atoms with Gasteiger partial charge in [-0.1, -0.05) is 0 Å². The van der Waals surface area contributed by atoms with Gasteiger partial charge in [0.15, 0.2) is 0 Å². The highest BCUT2D eigenvalue weighted by atomic mass is 79.9. The Morgan fingerprint density at radius 1 is 1.43 bits per heavy atom. The standard InChI is InChI=1S/C8H8BrF3N2/c9-6-1-5(3-14-4-6)7(13)2-8(10,11)12/h1,3-4,7H,2,13H2. The molecule has 0 aliphatic rings. The van der Waals surface area contributed by atoms with Gasteiger partial charge in [0, 0.05) is 22.9 Å². The van der Waals surface area contributed by atoms with Gasteiger partial charge in [-0.25, -0.2) is 0 Å². The van der Waals surface area contributed by atoms with Gasteiger partial charge in [-0.05, 0) is 27.6 Å². The van der Waals surface area contributed by atoms with E-state index in [-0.39, 0.29) is 0 Å². The van der Waals surface area contributed by atoms with Crippen LogP contribution >= 0.6 is 15.9 Å². The summed E-state index contributed by atoms with van der Waals surface area (Å²) in [5.74, 6) is 0. The van der Waals surface area contributed by atoms with E-state index in [4.69, 9.17) is 5.73 Å². The van der Waals surface area contributed by atoms with E-state index in [1.165, 1.54) is 18.5 Å². The largest absolute Gasteiger partial charge is 0.390 e. The average Bonchev–Trinajstić information content (AvgIpc) is 2.01. The molecule has 0 amide bonds. The van der Waals surface area contributed by atoms with Crippen molar-refractivity contribution in [2.45, 2.75) is 18.6 Å². The zero-order valence-electron chi connectivity index (χ0n) is 7.05. The van der Waals surface area contributed by atoms with Crippen LogP contribution < -0.4 is 5.73 Å². The quantitative estimate of drug-likeness (QED) is 0.896.